The highest BCUT2D eigenvalue weighted by molar-refractivity contribution is 6.01. The van der Waals surface area contributed by atoms with E-state index >= 15 is 0 Å². The summed E-state index contributed by atoms with van der Waals surface area (Å²) >= 11 is 0. The van der Waals surface area contributed by atoms with Gasteiger partial charge in [-0.3, -0.25) is 9.78 Å². The molecule has 3 rings (SSSR count). The Morgan fingerprint density at radius 3 is 2.89 bits per heavy atom. The van der Waals surface area contributed by atoms with Gasteiger partial charge in [0.2, 0.25) is 0 Å². The number of carbonyl (C=O) groups is 1. The molecule has 3 heterocycles. The van der Waals surface area contributed by atoms with Crippen molar-refractivity contribution < 1.29 is 4.79 Å². The number of fused-ring (bicyclic) bond motifs is 1. The van der Waals surface area contributed by atoms with E-state index in [2.05, 4.69) is 16.4 Å². The number of aromatic nitrogens is 2. The molecule has 0 fully saturated rings. The Labute approximate surface area is 110 Å². The Kier molecular flexibility index (Phi) is 2.39. The molecule has 0 saturated heterocycles. The molecule has 5 nitrogen and oxygen atoms in total. The zero-order chi connectivity index (χ0) is 13.6. The molecule has 1 amide bonds. The van der Waals surface area contributed by atoms with E-state index in [1.807, 2.05) is 24.5 Å². The highest BCUT2D eigenvalue weighted by Crippen LogP contribution is 2.37. The van der Waals surface area contributed by atoms with Gasteiger partial charge in [0.15, 0.2) is 0 Å². The van der Waals surface area contributed by atoms with Crippen LogP contribution in [0, 0.1) is 25.2 Å². The van der Waals surface area contributed by atoms with Crippen molar-refractivity contribution in [1.29, 1.82) is 5.26 Å². The van der Waals surface area contributed by atoms with Crippen LogP contribution < -0.4 is 5.32 Å². The predicted octanol–water partition coefficient (Wildman–Crippen LogP) is 1.91. The molecule has 1 N–H and O–H groups in total. The lowest BCUT2D eigenvalue weighted by atomic mass is 10.1. The smallest absolute Gasteiger partial charge is 0.253 e. The van der Waals surface area contributed by atoms with Crippen molar-refractivity contribution in [2.75, 3.05) is 5.32 Å². The first kappa shape index (κ1) is 11.5. The van der Waals surface area contributed by atoms with Crippen LogP contribution >= 0.6 is 0 Å². The minimum atomic E-state index is -0.440. The molecule has 1 aliphatic rings. The lowest BCUT2D eigenvalue weighted by Gasteiger charge is -2.12. The van der Waals surface area contributed by atoms with E-state index in [0.29, 0.717) is 11.4 Å². The Bertz CT molecular complexity index is 709. The number of hydrogen-bond acceptors (Lipinski definition) is 3. The van der Waals surface area contributed by atoms with Crippen molar-refractivity contribution in [3.63, 3.8) is 0 Å². The van der Waals surface area contributed by atoms with Gasteiger partial charge in [-0.05, 0) is 25.5 Å². The number of carbonyl (C=O) groups excluding carboxylic acids is 1. The first-order valence-electron chi connectivity index (χ1n) is 5.97. The van der Waals surface area contributed by atoms with Gasteiger partial charge in [-0.25, -0.2) is 0 Å². The number of pyridine rings is 1. The number of amides is 1. The Hall–Kier alpha value is -2.61. The van der Waals surface area contributed by atoms with Crippen LogP contribution in [-0.4, -0.2) is 15.5 Å². The topological polar surface area (TPSA) is 70.7 Å². The van der Waals surface area contributed by atoms with Crippen LogP contribution in [0.5, 0.6) is 0 Å². The monoisotopic (exact) mass is 252 g/mol. The maximum Gasteiger partial charge on any atom is 0.253 e. The van der Waals surface area contributed by atoms with Crippen molar-refractivity contribution >= 4 is 11.7 Å². The fourth-order valence-electron chi connectivity index (χ4n) is 2.55. The van der Waals surface area contributed by atoms with Crippen LogP contribution in [0.3, 0.4) is 0 Å². The summed E-state index contributed by atoms with van der Waals surface area (Å²) in [7, 11) is 0. The summed E-state index contributed by atoms with van der Waals surface area (Å²) in [5, 5.41) is 12.0. The number of anilines is 1. The van der Waals surface area contributed by atoms with Gasteiger partial charge in [0.1, 0.15) is 17.9 Å². The molecule has 2 aromatic rings. The van der Waals surface area contributed by atoms with Crippen LogP contribution in [0.2, 0.25) is 0 Å². The van der Waals surface area contributed by atoms with Gasteiger partial charge in [0, 0.05) is 23.7 Å². The molecule has 5 heteroatoms. The third-order valence-electron chi connectivity index (χ3n) is 3.62. The third kappa shape index (κ3) is 1.47. The maximum atomic E-state index is 12.2. The first-order valence-corrected chi connectivity index (χ1v) is 5.97. The molecular formula is C14H12N4O. The van der Waals surface area contributed by atoms with Crippen LogP contribution in [0.1, 0.15) is 28.4 Å². The molecule has 0 bridgehead atoms. The average Bonchev–Trinajstić information content (AvgIpc) is 2.86. The van der Waals surface area contributed by atoms with Crippen LogP contribution in [0.4, 0.5) is 5.82 Å². The number of rotatable bonds is 1. The molecule has 94 valence electrons. The average molecular weight is 252 g/mol. The minimum absolute atomic E-state index is 0.123. The SMILES string of the molecule is Cc1c(C#N)c2n(c1C)C(c1cccnc1)C(=O)N2. The summed E-state index contributed by atoms with van der Waals surface area (Å²) in [5.74, 6) is 0.471. The predicted molar refractivity (Wildman–Crippen MR) is 69.6 cm³/mol. The molecule has 19 heavy (non-hydrogen) atoms. The van der Waals surface area contributed by atoms with Crippen LogP contribution in [-0.2, 0) is 4.79 Å². The molecule has 0 aliphatic carbocycles. The van der Waals surface area contributed by atoms with Crippen molar-refractivity contribution in [2.24, 2.45) is 0 Å². The van der Waals surface area contributed by atoms with E-state index in [0.717, 1.165) is 16.8 Å². The lowest BCUT2D eigenvalue weighted by Crippen LogP contribution is -2.18. The van der Waals surface area contributed by atoms with Crippen molar-refractivity contribution in [3.05, 3.63) is 46.9 Å². The van der Waals surface area contributed by atoms with E-state index < -0.39 is 6.04 Å². The zero-order valence-corrected chi connectivity index (χ0v) is 10.6. The van der Waals surface area contributed by atoms with E-state index in [-0.39, 0.29) is 5.91 Å². The first-order chi connectivity index (χ1) is 9.15. The van der Waals surface area contributed by atoms with E-state index in [4.69, 9.17) is 0 Å². The molecule has 0 radical (unpaired) electrons. The molecule has 0 saturated carbocycles. The van der Waals surface area contributed by atoms with E-state index in [1.54, 1.807) is 18.5 Å². The fourth-order valence-corrected chi connectivity index (χ4v) is 2.55. The largest absolute Gasteiger partial charge is 0.314 e. The third-order valence-corrected chi connectivity index (χ3v) is 3.62. The molecule has 0 aromatic carbocycles. The van der Waals surface area contributed by atoms with Gasteiger partial charge < -0.3 is 9.88 Å². The summed E-state index contributed by atoms with van der Waals surface area (Å²) in [6, 6.07) is 5.39. The van der Waals surface area contributed by atoms with E-state index in [9.17, 15) is 10.1 Å². The van der Waals surface area contributed by atoms with Gasteiger partial charge in [-0.15, -0.1) is 0 Å². The number of nitrogens with zero attached hydrogens (tertiary/aromatic N) is 3. The number of hydrogen-bond donors (Lipinski definition) is 1. The number of nitriles is 1. The van der Waals surface area contributed by atoms with Crippen molar-refractivity contribution in [1.82, 2.24) is 9.55 Å². The van der Waals surface area contributed by atoms with Crippen LogP contribution in [0.25, 0.3) is 0 Å². The van der Waals surface area contributed by atoms with Gasteiger partial charge >= 0.3 is 0 Å². The van der Waals surface area contributed by atoms with Crippen molar-refractivity contribution in [3.8, 4) is 6.07 Å². The fraction of sp³-hybridized carbons (Fsp3) is 0.214. The van der Waals surface area contributed by atoms with E-state index in [1.165, 1.54) is 0 Å². The number of nitrogens with one attached hydrogen (secondary N) is 1. The normalized spacial score (nSPS) is 16.9. The molecular weight excluding hydrogens is 240 g/mol. The van der Waals surface area contributed by atoms with Crippen molar-refractivity contribution in [2.45, 2.75) is 19.9 Å². The summed E-state index contributed by atoms with van der Waals surface area (Å²) in [6.07, 6.45) is 3.35. The maximum absolute atomic E-state index is 12.2. The van der Waals surface area contributed by atoms with Crippen LogP contribution in [0.15, 0.2) is 24.5 Å². The summed E-state index contributed by atoms with van der Waals surface area (Å²) < 4.78 is 1.88. The Morgan fingerprint density at radius 1 is 1.47 bits per heavy atom. The summed E-state index contributed by atoms with van der Waals surface area (Å²) in [6.45, 7) is 3.81. The quantitative estimate of drug-likeness (QED) is 0.842. The van der Waals surface area contributed by atoms with Gasteiger partial charge in [0.25, 0.3) is 5.91 Å². The summed E-state index contributed by atoms with van der Waals surface area (Å²) in [4.78, 5) is 16.2. The molecule has 2 aromatic heterocycles. The highest BCUT2D eigenvalue weighted by atomic mass is 16.2. The molecule has 1 aliphatic heterocycles. The van der Waals surface area contributed by atoms with Gasteiger partial charge in [-0.1, -0.05) is 6.07 Å². The second-order valence-electron chi connectivity index (χ2n) is 4.59. The van der Waals surface area contributed by atoms with Gasteiger partial charge in [0.05, 0.1) is 5.56 Å². The molecule has 0 spiro atoms. The second-order valence-corrected chi connectivity index (χ2v) is 4.59. The molecule has 1 unspecified atom stereocenters. The Morgan fingerprint density at radius 2 is 2.26 bits per heavy atom. The zero-order valence-electron chi connectivity index (χ0n) is 10.6. The summed E-state index contributed by atoms with van der Waals surface area (Å²) in [5.41, 5.74) is 3.20. The minimum Gasteiger partial charge on any atom is -0.314 e. The Balaban J connectivity index is 2.24. The lowest BCUT2D eigenvalue weighted by molar-refractivity contribution is -0.117. The highest BCUT2D eigenvalue weighted by Gasteiger charge is 2.36. The second kappa shape index (κ2) is 3.95. The van der Waals surface area contributed by atoms with Gasteiger partial charge in [-0.2, -0.15) is 5.26 Å². The molecule has 1 atom stereocenters. The standard InChI is InChI=1S/C14H12N4O/c1-8-9(2)18-12(10-4-3-5-16-7-10)14(19)17-13(18)11(8)6-15/h3-5,7,12H,1-2H3,(H,17,19).